The largest absolute Gasteiger partial charge is 0.379 e. The van der Waals surface area contributed by atoms with Gasteiger partial charge in [-0.3, -0.25) is 0 Å². The fourth-order valence-corrected chi connectivity index (χ4v) is 1.95. The van der Waals surface area contributed by atoms with E-state index >= 15 is 0 Å². The molecule has 0 radical (unpaired) electrons. The number of ether oxygens (including phenoxy) is 1. The molecular formula is C14H22ClNO. The molecule has 0 saturated carbocycles. The second-order valence-electron chi connectivity index (χ2n) is 4.83. The molecular weight excluding hydrogens is 234 g/mol. The van der Waals surface area contributed by atoms with Crippen LogP contribution in [0.3, 0.4) is 0 Å². The zero-order valence-electron chi connectivity index (χ0n) is 11.1. The fraction of sp³-hybridized carbons (Fsp3) is 0.571. The molecule has 96 valence electrons. The SMILES string of the molecule is CCNC(CC(C)(C)OC)c1ccc(Cl)cc1. The zero-order valence-corrected chi connectivity index (χ0v) is 11.8. The summed E-state index contributed by atoms with van der Waals surface area (Å²) in [5.41, 5.74) is 1.12. The van der Waals surface area contributed by atoms with Crippen molar-refractivity contribution in [3.63, 3.8) is 0 Å². The van der Waals surface area contributed by atoms with E-state index in [9.17, 15) is 0 Å². The Balaban J connectivity index is 2.81. The second kappa shape index (κ2) is 6.39. The van der Waals surface area contributed by atoms with Gasteiger partial charge in [-0.15, -0.1) is 0 Å². The highest BCUT2D eigenvalue weighted by atomic mass is 35.5. The predicted molar refractivity (Wildman–Crippen MR) is 73.6 cm³/mol. The second-order valence-corrected chi connectivity index (χ2v) is 5.27. The van der Waals surface area contributed by atoms with E-state index in [2.05, 4.69) is 38.2 Å². The monoisotopic (exact) mass is 255 g/mol. The summed E-state index contributed by atoms with van der Waals surface area (Å²) in [5, 5.41) is 4.26. The Hall–Kier alpha value is -0.570. The Bertz CT molecular complexity index is 335. The topological polar surface area (TPSA) is 21.3 Å². The van der Waals surface area contributed by atoms with Gasteiger partial charge < -0.3 is 10.1 Å². The minimum absolute atomic E-state index is 0.132. The molecule has 1 atom stereocenters. The lowest BCUT2D eigenvalue weighted by molar-refractivity contribution is 0.00697. The average Bonchev–Trinajstić information content (AvgIpc) is 2.29. The molecule has 2 nitrogen and oxygen atoms in total. The third kappa shape index (κ3) is 4.66. The molecule has 1 rings (SSSR count). The van der Waals surface area contributed by atoms with E-state index in [1.54, 1.807) is 7.11 Å². The molecule has 0 spiro atoms. The van der Waals surface area contributed by atoms with Crippen LogP contribution < -0.4 is 5.32 Å². The fourth-order valence-electron chi connectivity index (χ4n) is 1.82. The van der Waals surface area contributed by atoms with Gasteiger partial charge in [0.2, 0.25) is 0 Å². The quantitative estimate of drug-likeness (QED) is 0.835. The molecule has 0 bridgehead atoms. The van der Waals surface area contributed by atoms with Crippen LogP contribution in [0.1, 0.15) is 38.8 Å². The number of benzene rings is 1. The Morgan fingerprint density at radius 2 is 1.88 bits per heavy atom. The van der Waals surface area contributed by atoms with Crippen molar-refractivity contribution in [1.82, 2.24) is 5.32 Å². The van der Waals surface area contributed by atoms with E-state index < -0.39 is 0 Å². The minimum atomic E-state index is -0.132. The smallest absolute Gasteiger partial charge is 0.0640 e. The summed E-state index contributed by atoms with van der Waals surface area (Å²) >= 11 is 5.91. The van der Waals surface area contributed by atoms with Gasteiger partial charge in [-0.1, -0.05) is 30.7 Å². The summed E-state index contributed by atoms with van der Waals surface area (Å²) < 4.78 is 5.49. The number of methoxy groups -OCH3 is 1. The van der Waals surface area contributed by atoms with Crippen molar-refractivity contribution in [1.29, 1.82) is 0 Å². The molecule has 1 aromatic rings. The Morgan fingerprint density at radius 1 is 1.29 bits per heavy atom. The lowest BCUT2D eigenvalue weighted by atomic mass is 9.93. The molecule has 0 aliphatic heterocycles. The highest BCUT2D eigenvalue weighted by Crippen LogP contribution is 2.26. The van der Waals surface area contributed by atoms with E-state index in [1.807, 2.05) is 12.1 Å². The van der Waals surface area contributed by atoms with Gasteiger partial charge in [-0.05, 0) is 44.5 Å². The van der Waals surface area contributed by atoms with Crippen LogP contribution in [0.2, 0.25) is 5.02 Å². The summed E-state index contributed by atoms with van der Waals surface area (Å²) in [6.45, 7) is 7.26. The molecule has 0 amide bonds. The Labute approximate surface area is 109 Å². The van der Waals surface area contributed by atoms with E-state index in [0.717, 1.165) is 18.0 Å². The van der Waals surface area contributed by atoms with Crippen molar-refractivity contribution in [2.75, 3.05) is 13.7 Å². The van der Waals surface area contributed by atoms with Gasteiger partial charge in [0.25, 0.3) is 0 Å². The zero-order chi connectivity index (χ0) is 12.9. The number of hydrogen-bond acceptors (Lipinski definition) is 2. The first-order valence-corrected chi connectivity index (χ1v) is 6.40. The van der Waals surface area contributed by atoms with Crippen LogP contribution in [0.4, 0.5) is 0 Å². The van der Waals surface area contributed by atoms with Crippen molar-refractivity contribution in [2.45, 2.75) is 38.8 Å². The van der Waals surface area contributed by atoms with Crippen LogP contribution in [0, 0.1) is 0 Å². The highest BCUT2D eigenvalue weighted by Gasteiger charge is 2.23. The summed E-state index contributed by atoms with van der Waals surface area (Å²) in [6.07, 6.45) is 0.930. The van der Waals surface area contributed by atoms with Crippen LogP contribution in [0.25, 0.3) is 0 Å². The number of rotatable bonds is 6. The van der Waals surface area contributed by atoms with Gasteiger partial charge in [-0.25, -0.2) is 0 Å². The maximum Gasteiger partial charge on any atom is 0.0640 e. The lowest BCUT2D eigenvalue weighted by Crippen LogP contribution is -2.32. The van der Waals surface area contributed by atoms with Gasteiger partial charge in [0.15, 0.2) is 0 Å². The van der Waals surface area contributed by atoms with Crippen LogP contribution in [0.15, 0.2) is 24.3 Å². The lowest BCUT2D eigenvalue weighted by Gasteiger charge is -2.29. The number of halogens is 1. The summed E-state index contributed by atoms with van der Waals surface area (Å²) in [4.78, 5) is 0. The van der Waals surface area contributed by atoms with Gasteiger partial charge in [-0.2, -0.15) is 0 Å². The van der Waals surface area contributed by atoms with Gasteiger partial charge >= 0.3 is 0 Å². The van der Waals surface area contributed by atoms with Crippen LogP contribution in [-0.4, -0.2) is 19.3 Å². The molecule has 0 aliphatic carbocycles. The van der Waals surface area contributed by atoms with Crippen LogP contribution in [-0.2, 0) is 4.74 Å². The van der Waals surface area contributed by atoms with E-state index in [4.69, 9.17) is 16.3 Å². The van der Waals surface area contributed by atoms with Gasteiger partial charge in [0.1, 0.15) is 0 Å². The molecule has 0 aliphatic rings. The molecule has 1 aromatic carbocycles. The van der Waals surface area contributed by atoms with Crippen molar-refractivity contribution >= 4 is 11.6 Å². The summed E-state index contributed by atoms with van der Waals surface area (Å²) in [6, 6.07) is 8.30. The average molecular weight is 256 g/mol. The van der Waals surface area contributed by atoms with E-state index in [-0.39, 0.29) is 5.60 Å². The molecule has 17 heavy (non-hydrogen) atoms. The number of nitrogens with one attached hydrogen (secondary N) is 1. The van der Waals surface area contributed by atoms with Crippen LogP contribution >= 0.6 is 11.6 Å². The standard InChI is InChI=1S/C14H22ClNO/c1-5-16-13(10-14(2,3)17-4)11-6-8-12(15)9-7-11/h6-9,13,16H,5,10H2,1-4H3. The maximum atomic E-state index is 5.91. The molecule has 3 heteroatoms. The van der Waals surface area contributed by atoms with Crippen molar-refractivity contribution < 1.29 is 4.74 Å². The van der Waals surface area contributed by atoms with E-state index in [0.29, 0.717) is 6.04 Å². The van der Waals surface area contributed by atoms with Crippen molar-refractivity contribution in [3.8, 4) is 0 Å². The minimum Gasteiger partial charge on any atom is -0.379 e. The summed E-state index contributed by atoms with van der Waals surface area (Å²) in [7, 11) is 1.75. The Kier molecular flexibility index (Phi) is 5.44. The van der Waals surface area contributed by atoms with Gasteiger partial charge in [0.05, 0.1) is 5.60 Å². The first-order valence-electron chi connectivity index (χ1n) is 6.02. The van der Waals surface area contributed by atoms with E-state index in [1.165, 1.54) is 5.56 Å². The van der Waals surface area contributed by atoms with Crippen molar-refractivity contribution in [3.05, 3.63) is 34.9 Å². The van der Waals surface area contributed by atoms with Crippen LogP contribution in [0.5, 0.6) is 0 Å². The number of hydrogen-bond donors (Lipinski definition) is 1. The summed E-state index contributed by atoms with van der Waals surface area (Å²) in [5.74, 6) is 0. The molecule has 1 N–H and O–H groups in total. The third-order valence-corrected chi connectivity index (χ3v) is 3.22. The molecule has 0 fully saturated rings. The highest BCUT2D eigenvalue weighted by molar-refractivity contribution is 6.30. The first kappa shape index (κ1) is 14.5. The van der Waals surface area contributed by atoms with Crippen molar-refractivity contribution in [2.24, 2.45) is 0 Å². The first-order chi connectivity index (χ1) is 7.98. The van der Waals surface area contributed by atoms with Gasteiger partial charge in [0, 0.05) is 18.2 Å². The Morgan fingerprint density at radius 3 is 2.35 bits per heavy atom. The maximum absolute atomic E-state index is 5.91. The predicted octanol–water partition coefficient (Wildman–Crippen LogP) is 3.81. The molecule has 0 aromatic heterocycles. The molecule has 0 saturated heterocycles. The normalized spacial score (nSPS) is 13.7. The molecule has 1 unspecified atom stereocenters. The molecule has 0 heterocycles. The third-order valence-electron chi connectivity index (χ3n) is 2.97.